The van der Waals surface area contributed by atoms with Crippen molar-refractivity contribution < 1.29 is 13.2 Å². The largest absolute Gasteiger partial charge is 0.326 e. The zero-order valence-electron chi connectivity index (χ0n) is 18.2. The van der Waals surface area contributed by atoms with Crippen molar-refractivity contribution in [1.82, 2.24) is 4.72 Å². The highest BCUT2D eigenvalue weighted by Crippen LogP contribution is 2.41. The van der Waals surface area contributed by atoms with Gasteiger partial charge >= 0.3 is 0 Å². The second-order valence-electron chi connectivity index (χ2n) is 8.90. The van der Waals surface area contributed by atoms with E-state index in [1.807, 2.05) is 36.4 Å². The average molecular weight is 479 g/mol. The van der Waals surface area contributed by atoms with E-state index < -0.39 is 10.0 Å². The fraction of sp³-hybridized carbons (Fsp3) is 0.308. The van der Waals surface area contributed by atoms with Gasteiger partial charge in [-0.3, -0.25) is 4.79 Å². The smallest absolute Gasteiger partial charge is 0.250 e. The molecule has 5 rings (SSSR count). The normalized spacial score (nSPS) is 23.5. The van der Waals surface area contributed by atoms with Crippen molar-refractivity contribution in [3.05, 3.63) is 88.5 Å². The lowest BCUT2D eigenvalue weighted by molar-refractivity contribution is -0.115. The van der Waals surface area contributed by atoms with E-state index in [1.54, 1.807) is 17.5 Å². The SMILES string of the molecule is O=C(CC1=CC=CC=C=C1)Nc1ccc2c(c1)CC1CCC(C2)C1NS(=O)(=O)c1cccs1. The van der Waals surface area contributed by atoms with Crippen molar-refractivity contribution in [2.24, 2.45) is 11.8 Å². The second kappa shape index (κ2) is 9.27. The van der Waals surface area contributed by atoms with Gasteiger partial charge < -0.3 is 5.32 Å². The number of anilines is 1. The van der Waals surface area contributed by atoms with Crippen molar-refractivity contribution in [2.75, 3.05) is 5.32 Å². The molecular formula is C26H26N2O3S2. The molecule has 3 aliphatic carbocycles. The molecule has 1 saturated carbocycles. The summed E-state index contributed by atoms with van der Waals surface area (Å²) in [6.45, 7) is 0. The third kappa shape index (κ3) is 4.97. The summed E-state index contributed by atoms with van der Waals surface area (Å²) < 4.78 is 29.1. The minimum Gasteiger partial charge on any atom is -0.326 e. The van der Waals surface area contributed by atoms with Gasteiger partial charge in [0.1, 0.15) is 4.21 Å². The Morgan fingerprint density at radius 3 is 2.70 bits per heavy atom. The first-order chi connectivity index (χ1) is 16.0. The van der Waals surface area contributed by atoms with Crippen LogP contribution in [0.1, 0.15) is 30.4 Å². The first-order valence-electron chi connectivity index (χ1n) is 11.2. The maximum absolute atomic E-state index is 12.9. The molecule has 2 N–H and O–H groups in total. The number of rotatable bonds is 6. The van der Waals surface area contributed by atoms with Crippen LogP contribution in [0.25, 0.3) is 0 Å². The lowest BCUT2D eigenvalue weighted by Crippen LogP contribution is -2.41. The summed E-state index contributed by atoms with van der Waals surface area (Å²) in [7, 11) is -3.50. The van der Waals surface area contributed by atoms with Crippen molar-refractivity contribution in [1.29, 1.82) is 0 Å². The maximum Gasteiger partial charge on any atom is 0.250 e. The summed E-state index contributed by atoms with van der Waals surface area (Å²) in [5.74, 6) is 0.490. The monoisotopic (exact) mass is 478 g/mol. The van der Waals surface area contributed by atoms with Crippen LogP contribution in [0, 0.1) is 11.8 Å². The second-order valence-corrected chi connectivity index (χ2v) is 11.8. The van der Waals surface area contributed by atoms with Gasteiger partial charge in [0.05, 0.1) is 6.42 Å². The van der Waals surface area contributed by atoms with E-state index in [9.17, 15) is 13.2 Å². The summed E-state index contributed by atoms with van der Waals surface area (Å²) in [6, 6.07) is 9.48. The van der Waals surface area contributed by atoms with Crippen molar-refractivity contribution >= 4 is 33.0 Å². The third-order valence-electron chi connectivity index (χ3n) is 6.68. The highest BCUT2D eigenvalue weighted by atomic mass is 32.2. The number of hydrogen-bond donors (Lipinski definition) is 2. The van der Waals surface area contributed by atoms with E-state index in [2.05, 4.69) is 27.9 Å². The number of hydrogen-bond acceptors (Lipinski definition) is 4. The molecule has 1 aromatic heterocycles. The summed E-state index contributed by atoms with van der Waals surface area (Å²) in [5, 5.41) is 4.81. The highest BCUT2D eigenvalue weighted by Gasteiger charge is 2.41. The quantitative estimate of drug-likeness (QED) is 0.588. The molecule has 0 saturated heterocycles. The molecule has 33 heavy (non-hydrogen) atoms. The fourth-order valence-corrected chi connectivity index (χ4v) is 7.51. The summed E-state index contributed by atoms with van der Waals surface area (Å²) >= 11 is 1.25. The van der Waals surface area contributed by atoms with Gasteiger partial charge in [-0.25, -0.2) is 13.1 Å². The molecular weight excluding hydrogens is 452 g/mol. The Kier molecular flexibility index (Phi) is 6.21. The molecule has 5 nitrogen and oxygen atoms in total. The van der Waals surface area contributed by atoms with Gasteiger partial charge in [0.25, 0.3) is 0 Å². The molecule has 3 atom stereocenters. The molecule has 1 aromatic carbocycles. The number of amides is 1. The summed E-state index contributed by atoms with van der Waals surface area (Å²) in [5.41, 5.74) is 7.18. The molecule has 3 unspecified atom stereocenters. The molecule has 1 amide bonds. The first-order valence-corrected chi connectivity index (χ1v) is 13.6. The first kappa shape index (κ1) is 22.1. The van der Waals surface area contributed by atoms with Crippen LogP contribution in [0.3, 0.4) is 0 Å². The van der Waals surface area contributed by atoms with Gasteiger partial charge in [0.15, 0.2) is 0 Å². The number of nitrogens with one attached hydrogen (secondary N) is 2. The topological polar surface area (TPSA) is 75.3 Å². The van der Waals surface area contributed by atoms with Gasteiger partial charge in [-0.05, 0) is 90.0 Å². The van der Waals surface area contributed by atoms with E-state index in [4.69, 9.17) is 0 Å². The number of carbonyl (C=O) groups is 1. The van der Waals surface area contributed by atoms with Gasteiger partial charge in [-0.15, -0.1) is 17.1 Å². The van der Waals surface area contributed by atoms with Crippen LogP contribution in [-0.2, 0) is 27.7 Å². The fourth-order valence-electron chi connectivity index (χ4n) is 5.13. The Balaban J connectivity index is 1.29. The number of fused-ring (bicyclic) bond motifs is 3. The molecule has 2 bridgehead atoms. The van der Waals surface area contributed by atoms with Gasteiger partial charge in [-0.1, -0.05) is 30.4 Å². The molecule has 170 valence electrons. The maximum atomic E-state index is 12.9. The van der Waals surface area contributed by atoms with Crippen LogP contribution in [0.5, 0.6) is 0 Å². The van der Waals surface area contributed by atoms with Crippen LogP contribution >= 0.6 is 11.3 Å². The van der Waals surface area contributed by atoms with E-state index in [-0.39, 0.29) is 17.9 Å². The van der Waals surface area contributed by atoms with Crippen LogP contribution in [0.2, 0.25) is 0 Å². The van der Waals surface area contributed by atoms with Crippen LogP contribution < -0.4 is 10.0 Å². The Hall–Kier alpha value is -2.70. The standard InChI is InChI=1S/C26H26N2O3S2/c29-24(14-18-6-3-1-2-4-7-18)27-23-12-11-19-15-20-9-10-21(16-22(19)17-23)26(20)28-33(30,31)25-8-5-13-32-25/h1-3,5-8,11-13,17,20-21,26,28H,9-10,14-16H2,(H,27,29). The molecule has 7 heteroatoms. The molecule has 0 radical (unpaired) electrons. The van der Waals surface area contributed by atoms with E-state index >= 15 is 0 Å². The zero-order chi connectivity index (χ0) is 22.8. The highest BCUT2D eigenvalue weighted by molar-refractivity contribution is 7.91. The minimum atomic E-state index is -3.50. The lowest BCUT2D eigenvalue weighted by atomic mass is 9.93. The Bertz CT molecular complexity index is 1280. The number of thiophene rings is 1. The molecule has 3 aliphatic rings. The average Bonchev–Trinajstić information content (AvgIpc) is 3.32. The van der Waals surface area contributed by atoms with Crippen LogP contribution in [-0.4, -0.2) is 20.4 Å². The molecule has 1 heterocycles. The number of carbonyl (C=O) groups excluding carboxylic acids is 1. The zero-order valence-corrected chi connectivity index (χ0v) is 19.8. The molecule has 1 fully saturated rings. The van der Waals surface area contributed by atoms with E-state index in [0.29, 0.717) is 16.5 Å². The number of sulfonamides is 1. The van der Waals surface area contributed by atoms with Gasteiger partial charge in [0.2, 0.25) is 15.9 Å². The molecule has 2 aromatic rings. The van der Waals surface area contributed by atoms with Crippen molar-refractivity contribution in [3.63, 3.8) is 0 Å². The summed E-state index contributed by atoms with van der Waals surface area (Å²) in [4.78, 5) is 12.6. The van der Waals surface area contributed by atoms with Gasteiger partial charge in [0, 0.05) is 11.7 Å². The minimum absolute atomic E-state index is 0.0578. The van der Waals surface area contributed by atoms with Crippen LogP contribution in [0.15, 0.2) is 81.6 Å². The van der Waals surface area contributed by atoms with Crippen molar-refractivity contribution in [2.45, 2.75) is 42.4 Å². The lowest BCUT2D eigenvalue weighted by Gasteiger charge is -2.23. The van der Waals surface area contributed by atoms with E-state index in [1.165, 1.54) is 22.5 Å². The Morgan fingerprint density at radius 2 is 1.91 bits per heavy atom. The van der Waals surface area contributed by atoms with Crippen molar-refractivity contribution in [3.8, 4) is 0 Å². The van der Waals surface area contributed by atoms with Crippen LogP contribution in [0.4, 0.5) is 5.69 Å². The Morgan fingerprint density at radius 1 is 1.09 bits per heavy atom. The Labute approximate surface area is 198 Å². The summed E-state index contributed by atoms with van der Waals surface area (Å²) in [6.07, 6.45) is 13.4. The predicted molar refractivity (Wildman–Crippen MR) is 132 cm³/mol. The molecule has 0 spiro atoms. The number of allylic oxidation sites excluding steroid dienone is 4. The third-order valence-corrected chi connectivity index (χ3v) is 9.53. The molecule has 0 aliphatic heterocycles. The predicted octanol–water partition coefficient (Wildman–Crippen LogP) is 4.76. The van der Waals surface area contributed by atoms with Gasteiger partial charge in [-0.2, -0.15) is 0 Å². The number of benzene rings is 1. The van der Waals surface area contributed by atoms with E-state index in [0.717, 1.165) is 36.9 Å².